The molecule has 0 atom stereocenters. The van der Waals surface area contributed by atoms with Gasteiger partial charge in [-0.25, -0.2) is 4.39 Å². The van der Waals surface area contributed by atoms with Crippen molar-refractivity contribution >= 4 is 23.2 Å². The molecule has 1 amide bonds. The molecule has 2 aromatic carbocycles. The van der Waals surface area contributed by atoms with Gasteiger partial charge in [-0.15, -0.1) is 0 Å². The van der Waals surface area contributed by atoms with Crippen molar-refractivity contribution in [2.45, 2.75) is 6.42 Å². The van der Waals surface area contributed by atoms with Crippen molar-refractivity contribution in [2.24, 2.45) is 0 Å². The van der Waals surface area contributed by atoms with Crippen LogP contribution in [-0.4, -0.2) is 17.4 Å². The largest absolute Gasteiger partial charge is 0.352 e. The van der Waals surface area contributed by atoms with E-state index < -0.39 is 10.8 Å². The summed E-state index contributed by atoms with van der Waals surface area (Å²) in [5.41, 5.74) is 0.279. The smallest absolute Gasteiger partial charge is 0.270 e. The highest BCUT2D eigenvalue weighted by atomic mass is 35.5. The van der Waals surface area contributed by atoms with Gasteiger partial charge in [0, 0.05) is 18.7 Å². The summed E-state index contributed by atoms with van der Waals surface area (Å²) in [5, 5.41) is 13.4. The minimum absolute atomic E-state index is 0.0180. The van der Waals surface area contributed by atoms with Gasteiger partial charge in [0.05, 0.1) is 15.5 Å². The van der Waals surface area contributed by atoms with Gasteiger partial charge in [-0.1, -0.05) is 29.8 Å². The number of nitrogens with one attached hydrogen (secondary N) is 1. The van der Waals surface area contributed by atoms with Crippen LogP contribution in [0.25, 0.3) is 0 Å². The van der Waals surface area contributed by atoms with E-state index in [1.165, 1.54) is 18.2 Å². The first-order valence-electron chi connectivity index (χ1n) is 6.44. The maximum absolute atomic E-state index is 13.4. The zero-order valence-electron chi connectivity index (χ0n) is 11.4. The quantitative estimate of drug-likeness (QED) is 0.677. The van der Waals surface area contributed by atoms with Crippen molar-refractivity contribution in [3.05, 3.63) is 74.5 Å². The van der Waals surface area contributed by atoms with Crippen LogP contribution in [0.2, 0.25) is 5.02 Å². The van der Waals surface area contributed by atoms with E-state index in [2.05, 4.69) is 5.32 Å². The van der Waals surface area contributed by atoms with Crippen LogP contribution in [0.3, 0.4) is 0 Å². The second-order valence-corrected chi connectivity index (χ2v) is 4.93. The van der Waals surface area contributed by atoms with Crippen LogP contribution in [0, 0.1) is 15.9 Å². The zero-order valence-corrected chi connectivity index (χ0v) is 12.1. The Morgan fingerprint density at radius 2 is 2.00 bits per heavy atom. The summed E-state index contributed by atoms with van der Waals surface area (Å²) < 4.78 is 13.4. The third kappa shape index (κ3) is 3.79. The van der Waals surface area contributed by atoms with Crippen LogP contribution in [0.5, 0.6) is 0 Å². The van der Waals surface area contributed by atoms with Gasteiger partial charge in [-0.2, -0.15) is 0 Å². The number of nitro benzene ring substituents is 1. The Morgan fingerprint density at radius 1 is 1.27 bits per heavy atom. The first kappa shape index (κ1) is 15.9. The summed E-state index contributed by atoms with van der Waals surface area (Å²) in [5.74, 6) is -0.879. The number of nitrogens with zero attached hydrogens (tertiary/aromatic N) is 1. The SMILES string of the molecule is O=C(NCCc1ccccc1F)c1cc([N+](=O)[O-])ccc1Cl. The Bertz CT molecular complexity index is 722. The maximum Gasteiger partial charge on any atom is 0.270 e. The summed E-state index contributed by atoms with van der Waals surface area (Å²) in [6.45, 7) is 0.193. The topological polar surface area (TPSA) is 72.2 Å². The van der Waals surface area contributed by atoms with Gasteiger partial charge in [0.25, 0.3) is 11.6 Å². The van der Waals surface area contributed by atoms with E-state index in [0.29, 0.717) is 12.0 Å². The highest BCUT2D eigenvalue weighted by Gasteiger charge is 2.15. The molecule has 0 aliphatic rings. The number of non-ortho nitro benzene ring substituents is 1. The fraction of sp³-hybridized carbons (Fsp3) is 0.133. The van der Waals surface area contributed by atoms with Crippen molar-refractivity contribution in [3.8, 4) is 0 Å². The fourth-order valence-corrected chi connectivity index (χ4v) is 2.11. The molecule has 0 fully saturated rings. The molecule has 0 spiro atoms. The molecule has 1 N–H and O–H groups in total. The molecule has 0 bridgehead atoms. The first-order valence-corrected chi connectivity index (χ1v) is 6.82. The van der Waals surface area contributed by atoms with Gasteiger partial charge in [0.1, 0.15) is 5.82 Å². The number of rotatable bonds is 5. The van der Waals surface area contributed by atoms with E-state index in [1.807, 2.05) is 0 Å². The van der Waals surface area contributed by atoms with Crippen molar-refractivity contribution in [1.29, 1.82) is 0 Å². The number of halogens is 2. The minimum atomic E-state index is -0.605. The van der Waals surface area contributed by atoms with E-state index in [9.17, 15) is 19.3 Å². The molecule has 7 heteroatoms. The van der Waals surface area contributed by atoms with Crippen molar-refractivity contribution in [2.75, 3.05) is 6.54 Å². The lowest BCUT2D eigenvalue weighted by Gasteiger charge is -2.07. The van der Waals surface area contributed by atoms with Gasteiger partial charge >= 0.3 is 0 Å². The molecule has 0 saturated carbocycles. The van der Waals surface area contributed by atoms with E-state index in [0.717, 1.165) is 6.07 Å². The summed E-state index contributed by atoms with van der Waals surface area (Å²) in [6, 6.07) is 9.89. The van der Waals surface area contributed by atoms with Gasteiger partial charge in [-0.3, -0.25) is 14.9 Å². The summed E-state index contributed by atoms with van der Waals surface area (Å²) in [7, 11) is 0. The highest BCUT2D eigenvalue weighted by Crippen LogP contribution is 2.21. The fourth-order valence-electron chi connectivity index (χ4n) is 1.91. The second kappa shape index (κ2) is 7.00. The van der Waals surface area contributed by atoms with Crippen molar-refractivity contribution in [1.82, 2.24) is 5.32 Å². The average Bonchev–Trinajstić information content (AvgIpc) is 2.49. The number of carbonyl (C=O) groups excluding carboxylic acids is 1. The van der Waals surface area contributed by atoms with Gasteiger partial charge < -0.3 is 5.32 Å². The van der Waals surface area contributed by atoms with Crippen LogP contribution in [-0.2, 0) is 6.42 Å². The molecule has 5 nitrogen and oxygen atoms in total. The Labute approximate surface area is 130 Å². The lowest BCUT2D eigenvalue weighted by Crippen LogP contribution is -2.26. The Kier molecular flexibility index (Phi) is 5.06. The lowest BCUT2D eigenvalue weighted by atomic mass is 10.1. The maximum atomic E-state index is 13.4. The molecule has 0 saturated heterocycles. The molecule has 114 valence electrons. The third-order valence-electron chi connectivity index (χ3n) is 3.04. The molecule has 2 aromatic rings. The molecule has 0 aliphatic heterocycles. The average molecular weight is 323 g/mol. The summed E-state index contributed by atoms with van der Waals surface area (Å²) in [6.07, 6.45) is 0.310. The Balaban J connectivity index is 2.02. The molecule has 2 rings (SSSR count). The number of nitro groups is 1. The summed E-state index contributed by atoms with van der Waals surface area (Å²) >= 11 is 5.87. The van der Waals surface area contributed by atoms with Gasteiger partial charge in [0.2, 0.25) is 0 Å². The van der Waals surface area contributed by atoms with Crippen LogP contribution in [0.15, 0.2) is 42.5 Å². The van der Waals surface area contributed by atoms with E-state index >= 15 is 0 Å². The number of benzene rings is 2. The number of hydrogen-bond acceptors (Lipinski definition) is 3. The predicted octanol–water partition coefficient (Wildman–Crippen LogP) is 3.36. The van der Waals surface area contributed by atoms with Crippen molar-refractivity contribution in [3.63, 3.8) is 0 Å². The van der Waals surface area contributed by atoms with E-state index in [1.54, 1.807) is 18.2 Å². The monoisotopic (exact) mass is 322 g/mol. The van der Waals surface area contributed by atoms with E-state index in [4.69, 9.17) is 11.6 Å². The zero-order chi connectivity index (χ0) is 16.1. The normalized spacial score (nSPS) is 10.3. The molecular weight excluding hydrogens is 311 g/mol. The Hall–Kier alpha value is -2.47. The highest BCUT2D eigenvalue weighted by molar-refractivity contribution is 6.33. The molecule has 0 unspecified atom stereocenters. The van der Waals surface area contributed by atoms with E-state index in [-0.39, 0.29) is 28.6 Å². The van der Waals surface area contributed by atoms with Crippen LogP contribution in [0.1, 0.15) is 15.9 Å². The molecule has 0 radical (unpaired) electrons. The molecular formula is C15H12ClFN2O3. The molecule has 0 heterocycles. The van der Waals surface area contributed by atoms with Gasteiger partial charge in [0.15, 0.2) is 0 Å². The third-order valence-corrected chi connectivity index (χ3v) is 3.37. The Morgan fingerprint density at radius 3 is 2.68 bits per heavy atom. The second-order valence-electron chi connectivity index (χ2n) is 4.52. The molecule has 0 aromatic heterocycles. The standard InChI is InChI=1S/C15H12ClFN2O3/c16-13-6-5-11(19(21)22)9-12(13)15(20)18-8-7-10-3-1-2-4-14(10)17/h1-6,9H,7-8H2,(H,18,20). The van der Waals surface area contributed by atoms with Crippen molar-refractivity contribution < 1.29 is 14.1 Å². The number of amides is 1. The lowest BCUT2D eigenvalue weighted by molar-refractivity contribution is -0.384. The van der Waals surface area contributed by atoms with Crippen LogP contribution >= 0.6 is 11.6 Å². The molecule has 22 heavy (non-hydrogen) atoms. The van der Waals surface area contributed by atoms with Crippen LogP contribution in [0.4, 0.5) is 10.1 Å². The number of hydrogen-bond donors (Lipinski definition) is 1. The number of carbonyl (C=O) groups is 1. The predicted molar refractivity (Wildman–Crippen MR) is 80.5 cm³/mol. The summed E-state index contributed by atoms with van der Waals surface area (Å²) in [4.78, 5) is 22.1. The molecule has 0 aliphatic carbocycles. The minimum Gasteiger partial charge on any atom is -0.352 e. The van der Waals surface area contributed by atoms with Crippen LogP contribution < -0.4 is 5.32 Å². The first-order chi connectivity index (χ1) is 10.5. The van der Waals surface area contributed by atoms with Gasteiger partial charge in [-0.05, 0) is 24.1 Å².